The second-order valence-corrected chi connectivity index (χ2v) is 5.22. The fraction of sp³-hybridized carbons (Fsp3) is 0.429. The predicted molar refractivity (Wildman–Crippen MR) is 67.4 cm³/mol. The second-order valence-electron chi connectivity index (χ2n) is 5.22. The van der Waals surface area contributed by atoms with Gasteiger partial charge in [0, 0.05) is 13.1 Å². The lowest BCUT2D eigenvalue weighted by Gasteiger charge is -2.27. The third-order valence-corrected chi connectivity index (χ3v) is 3.87. The lowest BCUT2D eigenvalue weighted by Crippen LogP contribution is -2.47. The van der Waals surface area contributed by atoms with Crippen LogP contribution in [-0.4, -0.2) is 41.1 Å². The third kappa shape index (κ3) is 2.77. The average molecular weight is 319 g/mol. The van der Waals surface area contributed by atoms with Crippen molar-refractivity contribution in [3.05, 3.63) is 35.6 Å². The Bertz CT molecular complexity index is 602. The molecule has 0 bridgehead atoms. The van der Waals surface area contributed by atoms with Crippen molar-refractivity contribution >= 4 is 11.9 Å². The molecule has 1 N–H and O–H groups in total. The first-order chi connectivity index (χ1) is 10.2. The fourth-order valence-corrected chi connectivity index (χ4v) is 2.47. The third-order valence-electron chi connectivity index (χ3n) is 3.87. The number of hydrogen-bond donors (Lipinski definition) is 1. The number of carboxylic acid groups (broad SMARTS) is 1. The Labute approximate surface area is 123 Å². The van der Waals surface area contributed by atoms with E-state index in [-0.39, 0.29) is 12.1 Å². The van der Waals surface area contributed by atoms with E-state index in [0.717, 1.165) is 11.0 Å². The summed E-state index contributed by atoms with van der Waals surface area (Å²) in [5.41, 5.74) is -2.88. The Kier molecular flexibility index (Phi) is 4.12. The first-order valence-electron chi connectivity index (χ1n) is 6.49. The normalized spacial score (nSPS) is 21.9. The molecule has 1 saturated heterocycles. The van der Waals surface area contributed by atoms with E-state index >= 15 is 0 Å². The zero-order chi connectivity index (χ0) is 16.5. The number of benzene rings is 1. The van der Waals surface area contributed by atoms with Crippen LogP contribution in [-0.2, 0) is 16.0 Å². The van der Waals surface area contributed by atoms with E-state index in [9.17, 15) is 27.2 Å². The molecule has 1 unspecified atom stereocenters. The number of aliphatic carboxylic acids is 1. The van der Waals surface area contributed by atoms with Crippen LogP contribution in [0.1, 0.15) is 12.0 Å². The molecule has 1 atom stereocenters. The van der Waals surface area contributed by atoms with E-state index in [0.29, 0.717) is 0 Å². The molecule has 22 heavy (non-hydrogen) atoms. The summed E-state index contributed by atoms with van der Waals surface area (Å²) in [4.78, 5) is 23.9. The van der Waals surface area contributed by atoms with Crippen molar-refractivity contribution in [1.29, 1.82) is 0 Å². The highest BCUT2D eigenvalue weighted by molar-refractivity contribution is 5.82. The van der Waals surface area contributed by atoms with Gasteiger partial charge in [-0.1, -0.05) is 18.2 Å². The van der Waals surface area contributed by atoms with Crippen LogP contribution in [0, 0.1) is 11.2 Å². The van der Waals surface area contributed by atoms with Gasteiger partial charge in [0.05, 0.1) is 6.42 Å². The van der Waals surface area contributed by atoms with E-state index < -0.39 is 48.7 Å². The molecule has 0 spiro atoms. The largest absolute Gasteiger partial charge is 0.481 e. The maximum Gasteiger partial charge on any atom is 0.406 e. The Morgan fingerprint density at radius 3 is 2.41 bits per heavy atom. The molecule has 2 rings (SSSR count). The molecule has 1 aromatic rings. The molecule has 1 aliphatic heterocycles. The SMILES string of the molecule is O=C(Cc1ccccc1F)N1CCC(C(=O)O)(C(F)(F)F)C1. The number of alkyl halides is 3. The topological polar surface area (TPSA) is 57.6 Å². The van der Waals surface area contributed by atoms with Crippen molar-refractivity contribution in [3.63, 3.8) is 0 Å². The van der Waals surface area contributed by atoms with Gasteiger partial charge in [-0.05, 0) is 18.1 Å². The quantitative estimate of drug-likeness (QED) is 0.869. The molecule has 4 nitrogen and oxygen atoms in total. The number of carbonyl (C=O) groups excluding carboxylic acids is 1. The Hall–Kier alpha value is -2.12. The van der Waals surface area contributed by atoms with Crippen molar-refractivity contribution in [2.45, 2.75) is 19.0 Å². The molecule has 1 amide bonds. The van der Waals surface area contributed by atoms with Crippen molar-refractivity contribution in [2.24, 2.45) is 5.41 Å². The van der Waals surface area contributed by atoms with Crippen LogP contribution in [0.4, 0.5) is 17.6 Å². The molecule has 0 radical (unpaired) electrons. The number of carboxylic acids is 1. The van der Waals surface area contributed by atoms with Crippen LogP contribution in [0.5, 0.6) is 0 Å². The van der Waals surface area contributed by atoms with Crippen LogP contribution in [0.25, 0.3) is 0 Å². The summed E-state index contributed by atoms with van der Waals surface area (Å²) in [5.74, 6) is -3.35. The minimum Gasteiger partial charge on any atom is -0.481 e. The van der Waals surface area contributed by atoms with Gasteiger partial charge in [-0.15, -0.1) is 0 Å². The highest BCUT2D eigenvalue weighted by atomic mass is 19.4. The number of nitrogens with zero attached hydrogens (tertiary/aromatic N) is 1. The van der Waals surface area contributed by atoms with Gasteiger partial charge in [0.1, 0.15) is 5.82 Å². The van der Waals surface area contributed by atoms with E-state index in [1.807, 2.05) is 0 Å². The van der Waals surface area contributed by atoms with Crippen molar-refractivity contribution in [3.8, 4) is 0 Å². The number of halogens is 4. The monoisotopic (exact) mass is 319 g/mol. The summed E-state index contributed by atoms with van der Waals surface area (Å²) >= 11 is 0. The molecule has 1 aromatic carbocycles. The van der Waals surface area contributed by atoms with Crippen LogP contribution in [0.3, 0.4) is 0 Å². The number of amides is 1. The molecule has 0 saturated carbocycles. The maximum absolute atomic E-state index is 13.5. The molecule has 0 aromatic heterocycles. The summed E-state index contributed by atoms with van der Waals surface area (Å²) < 4.78 is 52.5. The number of likely N-dealkylation sites (tertiary alicyclic amines) is 1. The fourth-order valence-electron chi connectivity index (χ4n) is 2.47. The molecule has 120 valence electrons. The van der Waals surface area contributed by atoms with Gasteiger partial charge >= 0.3 is 12.1 Å². The first-order valence-corrected chi connectivity index (χ1v) is 6.49. The molecule has 1 aliphatic rings. The summed E-state index contributed by atoms with van der Waals surface area (Å²) in [6, 6.07) is 5.44. The Balaban J connectivity index is 2.14. The number of hydrogen-bond acceptors (Lipinski definition) is 2. The van der Waals surface area contributed by atoms with Crippen molar-refractivity contribution in [2.75, 3.05) is 13.1 Å². The number of carbonyl (C=O) groups is 2. The lowest BCUT2D eigenvalue weighted by molar-refractivity contribution is -0.227. The zero-order valence-corrected chi connectivity index (χ0v) is 11.4. The van der Waals surface area contributed by atoms with Gasteiger partial charge in [0.15, 0.2) is 5.41 Å². The van der Waals surface area contributed by atoms with Crippen LogP contribution in [0.2, 0.25) is 0 Å². The van der Waals surface area contributed by atoms with Crippen LogP contribution >= 0.6 is 0 Å². The molecule has 8 heteroatoms. The number of rotatable bonds is 3. The van der Waals surface area contributed by atoms with Crippen molar-refractivity contribution in [1.82, 2.24) is 4.90 Å². The second kappa shape index (κ2) is 5.58. The molecule has 0 aliphatic carbocycles. The van der Waals surface area contributed by atoms with Crippen molar-refractivity contribution < 1.29 is 32.3 Å². The summed E-state index contributed by atoms with van der Waals surface area (Å²) in [6.45, 7) is -1.27. The van der Waals surface area contributed by atoms with E-state index in [4.69, 9.17) is 5.11 Å². The highest BCUT2D eigenvalue weighted by Gasteiger charge is 2.64. The average Bonchev–Trinajstić information content (AvgIpc) is 2.87. The minimum absolute atomic E-state index is 0.0623. The maximum atomic E-state index is 13.5. The summed E-state index contributed by atoms with van der Waals surface area (Å²) in [5, 5.41) is 8.91. The standard InChI is InChI=1S/C14H13F4NO3/c15-10-4-2-1-3-9(10)7-11(20)19-6-5-13(8-19,12(21)22)14(16,17)18/h1-4H,5-8H2,(H,21,22). The van der Waals surface area contributed by atoms with Gasteiger partial charge < -0.3 is 10.0 Å². The molecule has 1 fully saturated rings. The summed E-state index contributed by atoms with van der Waals surface area (Å²) in [6.07, 6.45) is -6.05. The van der Waals surface area contributed by atoms with Crippen LogP contribution < -0.4 is 0 Å². The highest BCUT2D eigenvalue weighted by Crippen LogP contribution is 2.45. The molecular formula is C14H13F4NO3. The molecule has 1 heterocycles. The van der Waals surface area contributed by atoms with Crippen LogP contribution in [0.15, 0.2) is 24.3 Å². The minimum atomic E-state index is -4.95. The van der Waals surface area contributed by atoms with Gasteiger partial charge in [-0.3, -0.25) is 9.59 Å². The molecular weight excluding hydrogens is 306 g/mol. The van der Waals surface area contributed by atoms with Gasteiger partial charge in [-0.25, -0.2) is 4.39 Å². The Morgan fingerprint density at radius 2 is 1.91 bits per heavy atom. The Morgan fingerprint density at radius 1 is 1.27 bits per heavy atom. The van der Waals surface area contributed by atoms with Gasteiger partial charge in [0.25, 0.3) is 0 Å². The smallest absolute Gasteiger partial charge is 0.406 e. The lowest BCUT2D eigenvalue weighted by atomic mass is 9.86. The van der Waals surface area contributed by atoms with Gasteiger partial charge in [0.2, 0.25) is 5.91 Å². The zero-order valence-electron chi connectivity index (χ0n) is 11.4. The summed E-state index contributed by atoms with van der Waals surface area (Å²) in [7, 11) is 0. The van der Waals surface area contributed by atoms with Gasteiger partial charge in [-0.2, -0.15) is 13.2 Å². The predicted octanol–water partition coefficient (Wildman–Crippen LogP) is 2.23. The van der Waals surface area contributed by atoms with E-state index in [1.54, 1.807) is 0 Å². The van der Waals surface area contributed by atoms with E-state index in [2.05, 4.69) is 0 Å². The van der Waals surface area contributed by atoms with E-state index in [1.165, 1.54) is 18.2 Å². The first kappa shape index (κ1) is 16.3.